The van der Waals surface area contributed by atoms with E-state index in [9.17, 15) is 10.4 Å². The summed E-state index contributed by atoms with van der Waals surface area (Å²) < 4.78 is 0. The molecule has 0 fully saturated rings. The van der Waals surface area contributed by atoms with Crippen LogP contribution in [0.5, 0.6) is 6.01 Å². The molecule has 6 nitrogen and oxygen atoms in total. The molecular formula is C13H9N5OS. The maximum absolute atomic E-state index is 9.36. The Morgan fingerprint density at radius 1 is 1.25 bits per heavy atom. The molecule has 20 heavy (non-hydrogen) atoms. The molecule has 0 bridgehead atoms. The Morgan fingerprint density at radius 3 is 2.85 bits per heavy atom. The quantitative estimate of drug-likeness (QED) is 0.774. The topological polar surface area (TPSA) is 95.6 Å². The number of nitriles is 1. The monoisotopic (exact) mass is 283 g/mol. The Bertz CT molecular complexity index is 823. The molecule has 7 heteroatoms. The number of fused-ring (bicyclic) bond motifs is 1. The van der Waals surface area contributed by atoms with E-state index in [0.717, 1.165) is 16.0 Å². The number of aryl methyl sites for hydroxylation is 1. The lowest BCUT2D eigenvalue weighted by Gasteiger charge is -2.03. The lowest BCUT2D eigenvalue weighted by molar-refractivity contribution is 0.427. The first-order valence-electron chi connectivity index (χ1n) is 5.83. The highest BCUT2D eigenvalue weighted by Crippen LogP contribution is 2.30. The Balaban J connectivity index is 2.10. The summed E-state index contributed by atoms with van der Waals surface area (Å²) in [7, 11) is 0. The predicted molar refractivity (Wildman–Crippen MR) is 73.3 cm³/mol. The summed E-state index contributed by atoms with van der Waals surface area (Å²) in [6, 6.07) is 7.16. The standard InChI is InChI=1S/C13H9N5OS/c1-7-2-3-10-12(16-7)20-11(17-10)8(6-14)9-4-5-15-13(19)18-9/h2-5,8H,1H3,(H,15,18,19). The average molecular weight is 283 g/mol. The third-order valence-electron chi connectivity index (χ3n) is 2.75. The van der Waals surface area contributed by atoms with Crippen LogP contribution in [0.15, 0.2) is 24.4 Å². The number of rotatable bonds is 2. The van der Waals surface area contributed by atoms with Crippen molar-refractivity contribution in [1.29, 1.82) is 5.26 Å². The van der Waals surface area contributed by atoms with Gasteiger partial charge in [-0.2, -0.15) is 10.2 Å². The van der Waals surface area contributed by atoms with Crippen LogP contribution in [0.3, 0.4) is 0 Å². The lowest BCUT2D eigenvalue weighted by atomic mass is 10.1. The largest absolute Gasteiger partial charge is 0.479 e. The highest BCUT2D eigenvalue weighted by molar-refractivity contribution is 7.18. The van der Waals surface area contributed by atoms with Gasteiger partial charge in [0.05, 0.1) is 11.8 Å². The molecule has 1 N–H and O–H groups in total. The van der Waals surface area contributed by atoms with Gasteiger partial charge in [-0.1, -0.05) is 11.3 Å². The van der Waals surface area contributed by atoms with Gasteiger partial charge in [0.2, 0.25) is 0 Å². The first-order valence-corrected chi connectivity index (χ1v) is 6.64. The Labute approximate surface area is 118 Å². The van der Waals surface area contributed by atoms with E-state index < -0.39 is 5.92 Å². The van der Waals surface area contributed by atoms with E-state index in [1.165, 1.54) is 17.5 Å². The van der Waals surface area contributed by atoms with Crippen molar-refractivity contribution in [2.45, 2.75) is 12.8 Å². The summed E-state index contributed by atoms with van der Waals surface area (Å²) in [6.45, 7) is 1.91. The molecule has 0 aromatic carbocycles. The number of hydrogen-bond donors (Lipinski definition) is 1. The highest BCUT2D eigenvalue weighted by atomic mass is 32.1. The minimum Gasteiger partial charge on any atom is -0.479 e. The normalized spacial score (nSPS) is 12.2. The van der Waals surface area contributed by atoms with E-state index in [-0.39, 0.29) is 6.01 Å². The van der Waals surface area contributed by atoms with Crippen LogP contribution in [0.1, 0.15) is 22.3 Å². The third kappa shape index (κ3) is 2.17. The second kappa shape index (κ2) is 4.83. The molecule has 0 aliphatic rings. The molecule has 0 amide bonds. The maximum Gasteiger partial charge on any atom is 0.314 e. The van der Waals surface area contributed by atoms with Crippen molar-refractivity contribution in [3.8, 4) is 12.1 Å². The molecule has 98 valence electrons. The van der Waals surface area contributed by atoms with Crippen molar-refractivity contribution in [3.05, 3.63) is 40.8 Å². The van der Waals surface area contributed by atoms with Gasteiger partial charge in [-0.3, -0.25) is 0 Å². The van der Waals surface area contributed by atoms with Crippen LogP contribution >= 0.6 is 11.3 Å². The molecular weight excluding hydrogens is 274 g/mol. The number of thiazole rings is 1. The van der Waals surface area contributed by atoms with E-state index in [2.05, 4.69) is 26.0 Å². The molecule has 0 saturated heterocycles. The number of hydrogen-bond acceptors (Lipinski definition) is 7. The molecule has 0 spiro atoms. The van der Waals surface area contributed by atoms with Crippen molar-refractivity contribution in [1.82, 2.24) is 19.9 Å². The number of aromatic nitrogens is 4. The summed E-state index contributed by atoms with van der Waals surface area (Å²) >= 11 is 1.36. The predicted octanol–water partition coefficient (Wildman–Crippen LogP) is 2.15. The van der Waals surface area contributed by atoms with Crippen molar-refractivity contribution >= 4 is 21.7 Å². The van der Waals surface area contributed by atoms with Crippen LogP contribution in [-0.4, -0.2) is 25.0 Å². The minimum atomic E-state index is -0.636. The van der Waals surface area contributed by atoms with Gasteiger partial charge in [-0.25, -0.2) is 15.0 Å². The zero-order valence-electron chi connectivity index (χ0n) is 10.5. The van der Waals surface area contributed by atoms with Gasteiger partial charge in [0, 0.05) is 11.9 Å². The van der Waals surface area contributed by atoms with Gasteiger partial charge in [0.1, 0.15) is 21.3 Å². The van der Waals surface area contributed by atoms with Crippen LogP contribution in [0.4, 0.5) is 0 Å². The van der Waals surface area contributed by atoms with E-state index in [1.54, 1.807) is 6.07 Å². The van der Waals surface area contributed by atoms with Gasteiger partial charge in [-0.15, -0.1) is 0 Å². The highest BCUT2D eigenvalue weighted by Gasteiger charge is 2.20. The van der Waals surface area contributed by atoms with Crippen LogP contribution in [-0.2, 0) is 0 Å². The first-order chi connectivity index (χ1) is 9.67. The summed E-state index contributed by atoms with van der Waals surface area (Å²) in [5.74, 6) is -0.636. The SMILES string of the molecule is Cc1ccc2nc(C(C#N)c3ccnc(O)n3)sc2n1. The van der Waals surface area contributed by atoms with E-state index in [1.807, 2.05) is 19.1 Å². The van der Waals surface area contributed by atoms with E-state index in [4.69, 9.17) is 0 Å². The smallest absolute Gasteiger partial charge is 0.314 e. The van der Waals surface area contributed by atoms with Gasteiger partial charge in [-0.05, 0) is 25.1 Å². The average Bonchev–Trinajstić information content (AvgIpc) is 2.82. The Hall–Kier alpha value is -2.59. The molecule has 3 rings (SSSR count). The van der Waals surface area contributed by atoms with Crippen LogP contribution < -0.4 is 0 Å². The van der Waals surface area contributed by atoms with Crippen molar-refractivity contribution in [2.75, 3.05) is 0 Å². The number of aromatic hydroxyl groups is 1. The summed E-state index contributed by atoms with van der Waals surface area (Å²) in [5.41, 5.74) is 2.09. The summed E-state index contributed by atoms with van der Waals surface area (Å²) in [6.07, 6.45) is 1.41. The van der Waals surface area contributed by atoms with E-state index >= 15 is 0 Å². The summed E-state index contributed by atoms with van der Waals surface area (Å²) in [5, 5.41) is 19.3. The lowest BCUT2D eigenvalue weighted by Crippen LogP contribution is -2.01. The number of nitrogens with zero attached hydrogens (tertiary/aromatic N) is 5. The second-order valence-electron chi connectivity index (χ2n) is 4.17. The van der Waals surface area contributed by atoms with Gasteiger partial charge in [0.25, 0.3) is 0 Å². The zero-order valence-corrected chi connectivity index (χ0v) is 11.3. The van der Waals surface area contributed by atoms with Crippen molar-refractivity contribution < 1.29 is 5.11 Å². The first kappa shape index (κ1) is 12.4. The number of pyridine rings is 1. The zero-order chi connectivity index (χ0) is 14.1. The van der Waals surface area contributed by atoms with Crippen LogP contribution in [0.25, 0.3) is 10.3 Å². The van der Waals surface area contributed by atoms with Crippen molar-refractivity contribution in [3.63, 3.8) is 0 Å². The molecule has 3 heterocycles. The third-order valence-corrected chi connectivity index (χ3v) is 3.78. The molecule has 0 saturated carbocycles. The molecule has 3 aromatic heterocycles. The fourth-order valence-corrected chi connectivity index (χ4v) is 2.86. The molecule has 0 aliphatic heterocycles. The fourth-order valence-electron chi connectivity index (χ4n) is 1.82. The summed E-state index contributed by atoms with van der Waals surface area (Å²) in [4.78, 5) is 17.1. The van der Waals surface area contributed by atoms with Gasteiger partial charge >= 0.3 is 6.01 Å². The Morgan fingerprint density at radius 2 is 2.10 bits per heavy atom. The van der Waals surface area contributed by atoms with Crippen LogP contribution in [0.2, 0.25) is 0 Å². The Kier molecular flexibility index (Phi) is 3.00. The molecule has 0 radical (unpaired) electrons. The fraction of sp³-hybridized carbons (Fsp3) is 0.154. The van der Waals surface area contributed by atoms with Gasteiger partial charge in [0.15, 0.2) is 0 Å². The molecule has 0 aliphatic carbocycles. The molecule has 3 aromatic rings. The maximum atomic E-state index is 9.36. The molecule has 1 atom stereocenters. The minimum absolute atomic E-state index is 0.349. The van der Waals surface area contributed by atoms with E-state index in [0.29, 0.717) is 10.7 Å². The second-order valence-corrected chi connectivity index (χ2v) is 5.18. The molecule has 1 unspecified atom stereocenters. The van der Waals surface area contributed by atoms with Crippen molar-refractivity contribution in [2.24, 2.45) is 0 Å². The van der Waals surface area contributed by atoms with Gasteiger partial charge < -0.3 is 5.11 Å². The van der Waals surface area contributed by atoms with Crippen LogP contribution in [0, 0.1) is 18.3 Å².